The van der Waals surface area contributed by atoms with Crippen molar-refractivity contribution >= 4 is 28.1 Å². The van der Waals surface area contributed by atoms with Crippen molar-refractivity contribution in [3.8, 4) is 0 Å². The Morgan fingerprint density at radius 3 is 2.75 bits per heavy atom. The lowest BCUT2D eigenvalue weighted by Crippen LogP contribution is -2.10. The van der Waals surface area contributed by atoms with Crippen molar-refractivity contribution in [3.63, 3.8) is 0 Å². The minimum Gasteiger partial charge on any atom is -0.477 e. The van der Waals surface area contributed by atoms with Gasteiger partial charge in [0, 0.05) is 13.0 Å². The molecule has 1 fully saturated rings. The molecule has 1 aromatic heterocycles. The van der Waals surface area contributed by atoms with Gasteiger partial charge in [-0.1, -0.05) is 23.5 Å². The Hall–Kier alpha value is -1.95. The Morgan fingerprint density at radius 1 is 1.45 bits per heavy atom. The van der Waals surface area contributed by atoms with Crippen molar-refractivity contribution in [2.24, 2.45) is 0 Å². The lowest BCUT2D eigenvalue weighted by Gasteiger charge is -2.16. The molecule has 20 heavy (non-hydrogen) atoms. The van der Waals surface area contributed by atoms with E-state index in [1.807, 2.05) is 0 Å². The zero-order valence-corrected chi connectivity index (χ0v) is 11.7. The second-order valence-corrected chi connectivity index (χ2v) is 5.78. The highest BCUT2D eigenvalue weighted by Gasteiger charge is 2.32. The second kappa shape index (κ2) is 4.86. The predicted molar refractivity (Wildman–Crippen MR) is 75.5 cm³/mol. The smallest absolute Gasteiger partial charge is 0.347 e. The van der Waals surface area contributed by atoms with Gasteiger partial charge >= 0.3 is 5.97 Å². The van der Waals surface area contributed by atoms with Crippen LogP contribution in [-0.4, -0.2) is 23.1 Å². The van der Waals surface area contributed by atoms with Crippen molar-refractivity contribution in [2.45, 2.75) is 18.8 Å². The molecule has 2 aromatic rings. The van der Waals surface area contributed by atoms with E-state index in [1.54, 1.807) is 30.1 Å². The normalized spacial score (nSPS) is 14.3. The SMILES string of the molecule is CN(c1nc(C2CC2)c(C(=O)O)s1)c1ccccc1F. The van der Waals surface area contributed by atoms with Gasteiger partial charge in [0.15, 0.2) is 5.13 Å². The average molecular weight is 292 g/mol. The zero-order valence-electron chi connectivity index (χ0n) is 10.8. The molecule has 1 aliphatic rings. The first-order chi connectivity index (χ1) is 9.58. The Balaban J connectivity index is 2.00. The molecule has 0 saturated heterocycles. The summed E-state index contributed by atoms with van der Waals surface area (Å²) in [5, 5.41) is 9.75. The summed E-state index contributed by atoms with van der Waals surface area (Å²) in [6.07, 6.45) is 1.96. The molecule has 1 aromatic carbocycles. The second-order valence-electron chi connectivity index (χ2n) is 4.80. The van der Waals surface area contributed by atoms with Crippen molar-refractivity contribution in [3.05, 3.63) is 40.7 Å². The van der Waals surface area contributed by atoms with Crippen LogP contribution in [0.5, 0.6) is 0 Å². The number of benzene rings is 1. The molecule has 104 valence electrons. The number of carboxylic acids is 1. The highest BCUT2D eigenvalue weighted by atomic mass is 32.1. The maximum atomic E-state index is 13.8. The van der Waals surface area contributed by atoms with E-state index in [0.29, 0.717) is 16.5 Å². The van der Waals surface area contributed by atoms with Crippen LogP contribution in [0.15, 0.2) is 24.3 Å². The molecule has 3 rings (SSSR count). The van der Waals surface area contributed by atoms with E-state index in [4.69, 9.17) is 0 Å². The Kier molecular flexibility index (Phi) is 3.17. The van der Waals surface area contributed by atoms with Crippen LogP contribution in [0.4, 0.5) is 15.2 Å². The number of thiazole rings is 1. The van der Waals surface area contributed by atoms with Crippen LogP contribution in [0.2, 0.25) is 0 Å². The molecule has 0 aliphatic heterocycles. The Bertz CT molecular complexity index is 667. The summed E-state index contributed by atoms with van der Waals surface area (Å²) in [6.45, 7) is 0. The number of halogens is 1. The van der Waals surface area contributed by atoms with Crippen LogP contribution in [-0.2, 0) is 0 Å². The maximum absolute atomic E-state index is 13.8. The third-order valence-electron chi connectivity index (χ3n) is 3.30. The minimum absolute atomic E-state index is 0.250. The fourth-order valence-electron chi connectivity index (χ4n) is 2.08. The summed E-state index contributed by atoms with van der Waals surface area (Å²) in [4.78, 5) is 17.5. The molecule has 1 heterocycles. The van der Waals surface area contributed by atoms with Crippen molar-refractivity contribution in [2.75, 3.05) is 11.9 Å². The first kappa shape index (κ1) is 13.1. The molecular weight excluding hydrogens is 279 g/mol. The number of hydrogen-bond acceptors (Lipinski definition) is 4. The molecule has 4 nitrogen and oxygen atoms in total. The summed E-state index contributed by atoms with van der Waals surface area (Å²) < 4.78 is 13.8. The third kappa shape index (κ3) is 2.27. The monoisotopic (exact) mass is 292 g/mol. The average Bonchev–Trinajstić information content (AvgIpc) is 3.17. The summed E-state index contributed by atoms with van der Waals surface area (Å²) in [5.74, 6) is -1.06. The van der Waals surface area contributed by atoms with Gasteiger partial charge in [-0.2, -0.15) is 0 Å². The van der Waals surface area contributed by atoms with E-state index in [-0.39, 0.29) is 16.6 Å². The summed E-state index contributed by atoms with van der Waals surface area (Å²) in [7, 11) is 1.69. The number of hydrogen-bond donors (Lipinski definition) is 1. The number of carbonyl (C=O) groups is 1. The number of carboxylic acid groups (broad SMARTS) is 1. The Labute approximate surface area is 119 Å². The van der Waals surface area contributed by atoms with Crippen LogP contribution in [0.3, 0.4) is 0 Å². The van der Waals surface area contributed by atoms with Gasteiger partial charge in [-0.15, -0.1) is 0 Å². The van der Waals surface area contributed by atoms with Crippen LogP contribution in [0.1, 0.15) is 34.1 Å². The third-order valence-corrected chi connectivity index (χ3v) is 4.44. The van der Waals surface area contributed by atoms with E-state index >= 15 is 0 Å². The molecule has 1 N–H and O–H groups in total. The van der Waals surface area contributed by atoms with E-state index < -0.39 is 5.97 Å². The van der Waals surface area contributed by atoms with Crippen LogP contribution in [0, 0.1) is 5.82 Å². The van der Waals surface area contributed by atoms with E-state index in [9.17, 15) is 14.3 Å². The fourth-order valence-corrected chi connectivity index (χ4v) is 3.04. The van der Waals surface area contributed by atoms with Gasteiger partial charge < -0.3 is 10.0 Å². The van der Waals surface area contributed by atoms with Gasteiger partial charge in [-0.25, -0.2) is 14.2 Å². The molecule has 0 bridgehead atoms. The van der Waals surface area contributed by atoms with Gasteiger partial charge in [0.2, 0.25) is 0 Å². The van der Waals surface area contributed by atoms with Crippen LogP contribution in [0.25, 0.3) is 0 Å². The van der Waals surface area contributed by atoms with E-state index in [0.717, 1.165) is 24.2 Å². The van der Waals surface area contributed by atoms with Crippen molar-refractivity contribution < 1.29 is 14.3 Å². The van der Waals surface area contributed by atoms with E-state index in [2.05, 4.69) is 4.98 Å². The van der Waals surface area contributed by atoms with Gasteiger partial charge in [-0.05, 0) is 25.0 Å². The number of nitrogens with zero attached hydrogens (tertiary/aromatic N) is 2. The van der Waals surface area contributed by atoms with Gasteiger partial charge in [0.05, 0.1) is 11.4 Å². The Morgan fingerprint density at radius 2 is 2.15 bits per heavy atom. The molecule has 1 saturated carbocycles. The molecule has 1 aliphatic carbocycles. The predicted octanol–water partition coefficient (Wildman–Crippen LogP) is 3.63. The van der Waals surface area contributed by atoms with Gasteiger partial charge in [0.25, 0.3) is 0 Å². The van der Waals surface area contributed by atoms with Crippen molar-refractivity contribution in [1.29, 1.82) is 0 Å². The highest BCUT2D eigenvalue weighted by Crippen LogP contribution is 2.44. The molecule has 0 radical (unpaired) electrons. The number of aromatic carboxylic acids is 1. The minimum atomic E-state index is -0.961. The maximum Gasteiger partial charge on any atom is 0.347 e. The highest BCUT2D eigenvalue weighted by molar-refractivity contribution is 7.17. The first-order valence-electron chi connectivity index (χ1n) is 6.30. The summed E-state index contributed by atoms with van der Waals surface area (Å²) >= 11 is 1.10. The summed E-state index contributed by atoms with van der Waals surface area (Å²) in [5.41, 5.74) is 1.03. The summed E-state index contributed by atoms with van der Waals surface area (Å²) in [6, 6.07) is 6.38. The lowest BCUT2D eigenvalue weighted by atomic mass is 10.2. The topological polar surface area (TPSA) is 53.4 Å². The largest absolute Gasteiger partial charge is 0.477 e. The molecule has 6 heteroatoms. The van der Waals surface area contributed by atoms with E-state index in [1.165, 1.54) is 6.07 Å². The molecule has 0 amide bonds. The van der Waals surface area contributed by atoms with Crippen LogP contribution >= 0.6 is 11.3 Å². The fraction of sp³-hybridized carbons (Fsp3) is 0.286. The quantitative estimate of drug-likeness (QED) is 0.935. The number of anilines is 2. The molecule has 0 spiro atoms. The zero-order chi connectivity index (χ0) is 14.3. The first-order valence-corrected chi connectivity index (χ1v) is 7.12. The lowest BCUT2D eigenvalue weighted by molar-refractivity contribution is 0.0700. The number of rotatable bonds is 4. The molecular formula is C14H13FN2O2S. The standard InChI is InChI=1S/C14H13FN2O2S/c1-17(10-5-3-2-4-9(10)15)14-16-11(8-6-7-8)12(20-14)13(18)19/h2-5,8H,6-7H2,1H3,(H,18,19). The number of aromatic nitrogens is 1. The molecule has 0 atom stereocenters. The van der Waals surface area contributed by atoms with Crippen molar-refractivity contribution in [1.82, 2.24) is 4.98 Å². The van der Waals surface area contributed by atoms with Gasteiger partial charge in [-0.3, -0.25) is 0 Å². The van der Waals surface area contributed by atoms with Gasteiger partial charge in [0.1, 0.15) is 10.7 Å². The molecule has 0 unspecified atom stereocenters. The number of para-hydroxylation sites is 1. The van der Waals surface area contributed by atoms with Crippen LogP contribution < -0.4 is 4.90 Å².